The van der Waals surface area contributed by atoms with E-state index in [1.807, 2.05) is 0 Å². The van der Waals surface area contributed by atoms with Gasteiger partial charge < -0.3 is 11.1 Å². The SMILES string of the molecule is CC(C)(NC(=O)c1c(F)cccc1F)C(N)=S. The van der Waals surface area contributed by atoms with Gasteiger partial charge in [0.1, 0.15) is 17.2 Å². The molecule has 0 atom stereocenters. The average molecular weight is 258 g/mol. The zero-order valence-corrected chi connectivity index (χ0v) is 10.2. The Balaban J connectivity index is 3.03. The maximum Gasteiger partial charge on any atom is 0.258 e. The van der Waals surface area contributed by atoms with E-state index in [9.17, 15) is 13.6 Å². The van der Waals surface area contributed by atoms with Gasteiger partial charge in [-0.1, -0.05) is 18.3 Å². The average Bonchev–Trinajstić information content (AvgIpc) is 2.15. The molecule has 0 fully saturated rings. The highest BCUT2D eigenvalue weighted by atomic mass is 32.1. The van der Waals surface area contributed by atoms with E-state index >= 15 is 0 Å². The zero-order chi connectivity index (χ0) is 13.2. The summed E-state index contributed by atoms with van der Waals surface area (Å²) >= 11 is 4.74. The van der Waals surface area contributed by atoms with Crippen LogP contribution in [-0.4, -0.2) is 16.4 Å². The third-order valence-electron chi connectivity index (χ3n) is 2.23. The van der Waals surface area contributed by atoms with Crippen LogP contribution in [0.15, 0.2) is 18.2 Å². The van der Waals surface area contributed by atoms with Gasteiger partial charge in [0.05, 0.1) is 10.5 Å². The molecule has 0 aromatic heterocycles. The van der Waals surface area contributed by atoms with E-state index in [1.165, 1.54) is 6.07 Å². The molecule has 3 N–H and O–H groups in total. The molecule has 0 heterocycles. The fourth-order valence-electron chi connectivity index (χ4n) is 1.12. The number of thiocarbonyl (C=S) groups is 1. The van der Waals surface area contributed by atoms with Crippen LogP contribution < -0.4 is 11.1 Å². The van der Waals surface area contributed by atoms with Gasteiger partial charge in [0.15, 0.2) is 0 Å². The van der Waals surface area contributed by atoms with Gasteiger partial charge in [0.25, 0.3) is 5.91 Å². The van der Waals surface area contributed by atoms with Crippen molar-refractivity contribution in [2.75, 3.05) is 0 Å². The molecule has 0 aliphatic carbocycles. The molecule has 0 aliphatic heterocycles. The molecule has 0 saturated carbocycles. The van der Waals surface area contributed by atoms with Crippen molar-refractivity contribution in [1.82, 2.24) is 5.32 Å². The molecule has 92 valence electrons. The second kappa shape index (κ2) is 4.75. The van der Waals surface area contributed by atoms with Crippen molar-refractivity contribution in [2.24, 2.45) is 5.73 Å². The van der Waals surface area contributed by atoms with Crippen molar-refractivity contribution >= 4 is 23.1 Å². The van der Waals surface area contributed by atoms with Crippen LogP contribution in [0.2, 0.25) is 0 Å². The van der Waals surface area contributed by atoms with Crippen molar-refractivity contribution < 1.29 is 13.6 Å². The number of carbonyl (C=O) groups is 1. The lowest BCUT2D eigenvalue weighted by Gasteiger charge is -2.24. The predicted octanol–water partition coefficient (Wildman–Crippen LogP) is 1.76. The fourth-order valence-corrected chi connectivity index (χ4v) is 1.17. The zero-order valence-electron chi connectivity index (χ0n) is 9.38. The van der Waals surface area contributed by atoms with Crippen LogP contribution in [0.1, 0.15) is 24.2 Å². The van der Waals surface area contributed by atoms with Gasteiger partial charge in [0, 0.05) is 0 Å². The van der Waals surface area contributed by atoms with Crippen LogP contribution in [0.3, 0.4) is 0 Å². The Morgan fingerprint density at radius 1 is 1.35 bits per heavy atom. The van der Waals surface area contributed by atoms with E-state index in [1.54, 1.807) is 13.8 Å². The number of nitrogens with one attached hydrogen (secondary N) is 1. The molecule has 3 nitrogen and oxygen atoms in total. The third-order valence-corrected chi connectivity index (χ3v) is 2.74. The molecular weight excluding hydrogens is 246 g/mol. The van der Waals surface area contributed by atoms with Crippen LogP contribution in [0.4, 0.5) is 8.78 Å². The van der Waals surface area contributed by atoms with Crippen molar-refractivity contribution in [3.05, 3.63) is 35.4 Å². The number of hydrogen-bond acceptors (Lipinski definition) is 2. The van der Waals surface area contributed by atoms with E-state index in [0.29, 0.717) is 0 Å². The van der Waals surface area contributed by atoms with Crippen LogP contribution >= 0.6 is 12.2 Å². The molecule has 1 aromatic rings. The summed E-state index contributed by atoms with van der Waals surface area (Å²) in [6, 6.07) is 3.19. The summed E-state index contributed by atoms with van der Waals surface area (Å²) in [5, 5.41) is 2.37. The van der Waals surface area contributed by atoms with Gasteiger partial charge in [-0.3, -0.25) is 4.79 Å². The molecule has 6 heteroatoms. The topological polar surface area (TPSA) is 55.1 Å². The fraction of sp³-hybridized carbons (Fsp3) is 0.273. The first-order valence-corrected chi connectivity index (χ1v) is 5.23. The second-order valence-electron chi connectivity index (χ2n) is 4.04. The predicted molar refractivity (Wildman–Crippen MR) is 64.7 cm³/mol. The number of amides is 1. The minimum atomic E-state index is -1.01. The normalized spacial score (nSPS) is 11.1. The lowest BCUT2D eigenvalue weighted by atomic mass is 10.0. The number of benzene rings is 1. The van der Waals surface area contributed by atoms with E-state index < -0.39 is 28.6 Å². The van der Waals surface area contributed by atoms with Crippen molar-refractivity contribution in [3.8, 4) is 0 Å². The largest absolute Gasteiger partial charge is 0.391 e. The van der Waals surface area contributed by atoms with Crippen molar-refractivity contribution in [1.29, 1.82) is 0 Å². The molecule has 0 saturated heterocycles. The Morgan fingerprint density at radius 2 is 1.82 bits per heavy atom. The summed E-state index contributed by atoms with van der Waals surface area (Å²) in [5.41, 5.74) is 3.75. The number of hydrogen-bond donors (Lipinski definition) is 2. The summed E-state index contributed by atoms with van der Waals surface area (Å²) in [5.74, 6) is -2.75. The maximum absolute atomic E-state index is 13.3. The first kappa shape index (κ1) is 13.5. The first-order chi connectivity index (χ1) is 7.75. The van der Waals surface area contributed by atoms with Crippen LogP contribution in [0.5, 0.6) is 0 Å². The summed E-state index contributed by atoms with van der Waals surface area (Å²) in [6.07, 6.45) is 0. The quantitative estimate of drug-likeness (QED) is 0.812. The molecule has 0 spiro atoms. The number of rotatable bonds is 3. The number of carbonyl (C=O) groups excluding carboxylic acids is 1. The molecule has 0 radical (unpaired) electrons. The van der Waals surface area contributed by atoms with Gasteiger partial charge >= 0.3 is 0 Å². The van der Waals surface area contributed by atoms with Gasteiger partial charge in [0.2, 0.25) is 0 Å². The number of halogens is 2. The summed E-state index contributed by atoms with van der Waals surface area (Å²) in [6.45, 7) is 3.10. The van der Waals surface area contributed by atoms with Gasteiger partial charge in [-0.25, -0.2) is 8.78 Å². The standard InChI is InChI=1S/C11H12F2N2OS/c1-11(2,10(14)17)15-9(16)8-6(12)4-3-5-7(8)13/h3-5H,1-2H3,(H2,14,17)(H,15,16). The first-order valence-electron chi connectivity index (χ1n) is 4.82. The molecule has 0 bridgehead atoms. The summed E-state index contributed by atoms with van der Waals surface area (Å²) < 4.78 is 26.6. The van der Waals surface area contributed by atoms with E-state index in [2.05, 4.69) is 5.32 Å². The van der Waals surface area contributed by atoms with E-state index in [-0.39, 0.29) is 4.99 Å². The summed E-state index contributed by atoms with van der Waals surface area (Å²) in [7, 11) is 0. The van der Waals surface area contributed by atoms with Crippen LogP contribution in [-0.2, 0) is 0 Å². The molecular formula is C11H12F2N2OS. The van der Waals surface area contributed by atoms with Gasteiger partial charge in [-0.05, 0) is 26.0 Å². The van der Waals surface area contributed by atoms with Gasteiger partial charge in [-0.2, -0.15) is 0 Å². The smallest absolute Gasteiger partial charge is 0.258 e. The minimum Gasteiger partial charge on any atom is -0.391 e. The molecule has 1 amide bonds. The highest BCUT2D eigenvalue weighted by Crippen LogP contribution is 2.13. The van der Waals surface area contributed by atoms with Crippen molar-refractivity contribution in [2.45, 2.75) is 19.4 Å². The monoisotopic (exact) mass is 258 g/mol. The highest BCUT2D eigenvalue weighted by Gasteiger charge is 2.27. The Hall–Kier alpha value is -1.56. The highest BCUT2D eigenvalue weighted by molar-refractivity contribution is 7.80. The number of nitrogens with two attached hydrogens (primary N) is 1. The third kappa shape index (κ3) is 2.97. The molecule has 0 aliphatic rings. The second-order valence-corrected chi connectivity index (χ2v) is 4.48. The van der Waals surface area contributed by atoms with Crippen LogP contribution in [0, 0.1) is 11.6 Å². The Kier molecular flexibility index (Phi) is 3.77. The molecule has 17 heavy (non-hydrogen) atoms. The molecule has 0 unspecified atom stereocenters. The lowest BCUT2D eigenvalue weighted by molar-refractivity contribution is 0.0923. The summed E-state index contributed by atoms with van der Waals surface area (Å²) in [4.78, 5) is 11.7. The van der Waals surface area contributed by atoms with E-state index in [0.717, 1.165) is 12.1 Å². The maximum atomic E-state index is 13.3. The Bertz CT molecular complexity index is 454. The minimum absolute atomic E-state index is 0.0302. The van der Waals surface area contributed by atoms with Gasteiger partial charge in [-0.15, -0.1) is 0 Å². The van der Waals surface area contributed by atoms with Crippen molar-refractivity contribution in [3.63, 3.8) is 0 Å². The Morgan fingerprint density at radius 3 is 2.24 bits per heavy atom. The molecule has 1 aromatic carbocycles. The van der Waals surface area contributed by atoms with Crippen LogP contribution in [0.25, 0.3) is 0 Å². The lowest BCUT2D eigenvalue weighted by Crippen LogP contribution is -2.52. The Labute approximate surface area is 103 Å². The van der Waals surface area contributed by atoms with E-state index in [4.69, 9.17) is 18.0 Å². The molecule has 1 rings (SSSR count).